The zero-order valence-corrected chi connectivity index (χ0v) is 24.5. The van der Waals surface area contributed by atoms with Crippen LogP contribution in [0.25, 0.3) is 0 Å². The van der Waals surface area contributed by atoms with Crippen molar-refractivity contribution in [2.75, 3.05) is 22.3 Å². The van der Waals surface area contributed by atoms with Gasteiger partial charge in [0.25, 0.3) is 15.9 Å². The molecule has 0 spiro atoms. The second-order valence-electron chi connectivity index (χ2n) is 9.96. The van der Waals surface area contributed by atoms with E-state index in [2.05, 4.69) is 22.2 Å². The maximum Gasteiger partial charge on any atom is 0.261 e. The maximum absolute atomic E-state index is 12.9. The quantitative estimate of drug-likeness (QED) is 0.245. The summed E-state index contributed by atoms with van der Waals surface area (Å²) in [5.41, 5.74) is 5.33. The third-order valence-electron chi connectivity index (χ3n) is 7.05. The summed E-state index contributed by atoms with van der Waals surface area (Å²) in [5, 5.41) is 2.74. The Balaban J connectivity index is 1.22. The number of hydrogen-bond donors (Lipinski definition) is 2. The van der Waals surface area contributed by atoms with Gasteiger partial charge in [0.05, 0.1) is 16.3 Å². The van der Waals surface area contributed by atoms with Gasteiger partial charge in [0.15, 0.2) is 0 Å². The van der Waals surface area contributed by atoms with E-state index in [9.17, 15) is 18.0 Å². The van der Waals surface area contributed by atoms with Gasteiger partial charge >= 0.3 is 0 Å². The Hall–Kier alpha value is -4.08. The summed E-state index contributed by atoms with van der Waals surface area (Å²) in [4.78, 5) is 27.5. The summed E-state index contributed by atoms with van der Waals surface area (Å²) in [6.45, 7) is 4.34. The van der Waals surface area contributed by atoms with Crippen molar-refractivity contribution in [2.24, 2.45) is 0 Å². The van der Waals surface area contributed by atoms with Gasteiger partial charge in [-0.15, -0.1) is 11.8 Å². The first kappa shape index (κ1) is 28.4. The highest BCUT2D eigenvalue weighted by Gasteiger charge is 2.32. The molecule has 210 valence electrons. The van der Waals surface area contributed by atoms with Crippen molar-refractivity contribution in [3.8, 4) is 0 Å². The SMILES string of the molecule is Cc1cccc(C)c1NS(=O)(=O)c1ccc(NC(=O)c2ccc([C@@H]3SCC(=O)N3CCc3ccccc3)cc2)cc1. The van der Waals surface area contributed by atoms with Crippen LogP contribution in [0.3, 0.4) is 0 Å². The Morgan fingerprint density at radius 3 is 2.20 bits per heavy atom. The van der Waals surface area contributed by atoms with Crippen LogP contribution in [-0.2, 0) is 21.2 Å². The van der Waals surface area contributed by atoms with Gasteiger partial charge in [0.1, 0.15) is 5.37 Å². The molecule has 0 unspecified atom stereocenters. The standard InChI is InChI=1S/C32H31N3O4S2/c1-22-7-6-8-23(2)30(22)34-41(38,39)28-17-15-27(16-18-28)33-31(37)25-11-13-26(14-12-25)32-35(29(36)21-40-32)20-19-24-9-4-3-5-10-24/h3-18,32,34H,19-21H2,1-2H3,(H,33,37)/t32-/m0/s1. The number of sulfonamides is 1. The first-order valence-corrected chi connectivity index (χ1v) is 15.8. The van der Waals surface area contributed by atoms with E-state index in [4.69, 9.17) is 0 Å². The molecule has 5 rings (SSSR count). The second-order valence-corrected chi connectivity index (χ2v) is 12.7. The monoisotopic (exact) mass is 585 g/mol. The van der Waals surface area contributed by atoms with Crippen molar-refractivity contribution in [3.63, 3.8) is 0 Å². The van der Waals surface area contributed by atoms with Crippen LogP contribution in [0.1, 0.15) is 38.0 Å². The molecule has 0 bridgehead atoms. The van der Waals surface area contributed by atoms with Crippen LogP contribution in [0.5, 0.6) is 0 Å². The predicted octanol–water partition coefficient (Wildman–Crippen LogP) is 6.17. The highest BCUT2D eigenvalue weighted by molar-refractivity contribution is 8.00. The Bertz CT molecular complexity index is 1640. The van der Waals surface area contributed by atoms with Gasteiger partial charge in [-0.25, -0.2) is 8.42 Å². The molecule has 1 fully saturated rings. The van der Waals surface area contributed by atoms with E-state index in [-0.39, 0.29) is 22.1 Å². The summed E-state index contributed by atoms with van der Waals surface area (Å²) in [7, 11) is -3.79. The Kier molecular flexibility index (Phi) is 8.46. The molecule has 0 aromatic heterocycles. The van der Waals surface area contributed by atoms with Crippen LogP contribution >= 0.6 is 11.8 Å². The zero-order chi connectivity index (χ0) is 29.0. The number of para-hydroxylation sites is 1. The second kappa shape index (κ2) is 12.2. The minimum Gasteiger partial charge on any atom is -0.326 e. The summed E-state index contributed by atoms with van der Waals surface area (Å²) in [6.07, 6.45) is 0.784. The molecule has 1 saturated heterocycles. The average Bonchev–Trinajstić information content (AvgIpc) is 3.35. The first-order valence-electron chi connectivity index (χ1n) is 13.3. The van der Waals surface area contributed by atoms with Gasteiger partial charge in [0, 0.05) is 17.8 Å². The van der Waals surface area contributed by atoms with Gasteiger partial charge in [0.2, 0.25) is 5.91 Å². The molecule has 1 heterocycles. The molecule has 0 radical (unpaired) electrons. The maximum atomic E-state index is 12.9. The van der Waals surface area contributed by atoms with Crippen molar-refractivity contribution >= 4 is 45.0 Å². The lowest BCUT2D eigenvalue weighted by Crippen LogP contribution is -2.30. The van der Waals surface area contributed by atoms with E-state index in [1.165, 1.54) is 17.7 Å². The van der Waals surface area contributed by atoms with Crippen molar-refractivity contribution in [1.82, 2.24) is 4.90 Å². The van der Waals surface area contributed by atoms with Gasteiger partial charge in [-0.3, -0.25) is 14.3 Å². The summed E-state index contributed by atoms with van der Waals surface area (Å²) in [5.74, 6) is 0.248. The third kappa shape index (κ3) is 6.64. The van der Waals surface area contributed by atoms with Crippen LogP contribution in [0, 0.1) is 13.8 Å². The topological polar surface area (TPSA) is 95.6 Å². The van der Waals surface area contributed by atoms with E-state index >= 15 is 0 Å². The number of nitrogens with one attached hydrogen (secondary N) is 2. The van der Waals surface area contributed by atoms with Crippen molar-refractivity contribution in [2.45, 2.75) is 30.5 Å². The molecule has 1 aliphatic heterocycles. The number of thioether (sulfide) groups is 1. The van der Waals surface area contributed by atoms with Crippen molar-refractivity contribution < 1.29 is 18.0 Å². The molecule has 1 aliphatic rings. The largest absolute Gasteiger partial charge is 0.326 e. The average molecular weight is 586 g/mol. The number of amides is 2. The number of nitrogens with zero attached hydrogens (tertiary/aromatic N) is 1. The number of carbonyl (C=O) groups excluding carboxylic acids is 2. The molecule has 7 nitrogen and oxygen atoms in total. The number of carbonyl (C=O) groups is 2. The van der Waals surface area contributed by atoms with Crippen molar-refractivity contribution in [3.05, 3.63) is 125 Å². The van der Waals surface area contributed by atoms with Gasteiger partial charge in [-0.1, -0.05) is 60.7 Å². The molecule has 2 amide bonds. The van der Waals surface area contributed by atoms with E-state index < -0.39 is 10.0 Å². The summed E-state index contributed by atoms with van der Waals surface area (Å²) < 4.78 is 28.5. The summed E-state index contributed by atoms with van der Waals surface area (Å²) in [6, 6.07) is 29.0. The van der Waals surface area contributed by atoms with Gasteiger partial charge in [-0.2, -0.15) is 0 Å². The van der Waals surface area contributed by atoms with E-state index in [0.717, 1.165) is 23.1 Å². The fourth-order valence-electron chi connectivity index (χ4n) is 4.75. The highest BCUT2D eigenvalue weighted by Crippen LogP contribution is 2.38. The predicted molar refractivity (Wildman–Crippen MR) is 165 cm³/mol. The fourth-order valence-corrected chi connectivity index (χ4v) is 7.18. The molecular formula is C32H31N3O4S2. The molecular weight excluding hydrogens is 555 g/mol. The Morgan fingerprint density at radius 1 is 0.878 bits per heavy atom. The number of benzene rings is 4. The number of aryl methyl sites for hydroxylation is 2. The molecule has 41 heavy (non-hydrogen) atoms. The zero-order valence-electron chi connectivity index (χ0n) is 22.8. The molecule has 0 aliphatic carbocycles. The minimum absolute atomic E-state index is 0.0881. The van der Waals surface area contributed by atoms with Gasteiger partial charge < -0.3 is 10.2 Å². The minimum atomic E-state index is -3.79. The lowest BCUT2D eigenvalue weighted by Gasteiger charge is -2.24. The molecule has 1 atom stereocenters. The van der Waals surface area contributed by atoms with Crippen LogP contribution in [0.2, 0.25) is 0 Å². The molecule has 0 saturated carbocycles. The van der Waals surface area contributed by atoms with Crippen LogP contribution in [-0.4, -0.2) is 37.4 Å². The fraction of sp³-hybridized carbons (Fsp3) is 0.188. The van der Waals surface area contributed by atoms with E-state index in [1.54, 1.807) is 36.0 Å². The number of hydrogen-bond acceptors (Lipinski definition) is 5. The normalized spacial score (nSPS) is 15.1. The Morgan fingerprint density at radius 2 is 1.54 bits per heavy atom. The molecule has 9 heteroatoms. The van der Waals surface area contributed by atoms with Crippen LogP contribution < -0.4 is 10.0 Å². The Labute approximate surface area is 245 Å². The van der Waals surface area contributed by atoms with Crippen LogP contribution in [0.4, 0.5) is 11.4 Å². The molecule has 4 aromatic rings. The lowest BCUT2D eigenvalue weighted by atomic mass is 10.1. The smallest absolute Gasteiger partial charge is 0.261 e. The van der Waals surface area contributed by atoms with Crippen LogP contribution in [0.15, 0.2) is 102 Å². The number of rotatable bonds is 9. The van der Waals surface area contributed by atoms with Crippen molar-refractivity contribution in [1.29, 1.82) is 0 Å². The first-order chi connectivity index (χ1) is 19.7. The third-order valence-corrected chi connectivity index (χ3v) is 9.67. The van der Waals surface area contributed by atoms with E-state index in [0.29, 0.717) is 29.2 Å². The van der Waals surface area contributed by atoms with Gasteiger partial charge in [-0.05, 0) is 78.9 Å². The van der Waals surface area contributed by atoms with E-state index in [1.807, 2.05) is 67.3 Å². The molecule has 4 aromatic carbocycles. The summed E-state index contributed by atoms with van der Waals surface area (Å²) >= 11 is 1.59. The number of anilines is 2. The molecule has 2 N–H and O–H groups in total. The highest BCUT2D eigenvalue weighted by atomic mass is 32.2. The lowest BCUT2D eigenvalue weighted by molar-refractivity contribution is -0.128.